The van der Waals surface area contributed by atoms with Gasteiger partial charge in [0.1, 0.15) is 6.29 Å². The summed E-state index contributed by atoms with van der Waals surface area (Å²) in [5.41, 5.74) is 0.279. The Morgan fingerprint density at radius 3 is 2.67 bits per heavy atom. The molecule has 0 aliphatic carbocycles. The fourth-order valence-corrected chi connectivity index (χ4v) is 1.55. The van der Waals surface area contributed by atoms with E-state index in [0.717, 1.165) is 11.6 Å². The van der Waals surface area contributed by atoms with Crippen LogP contribution in [0.3, 0.4) is 0 Å². The van der Waals surface area contributed by atoms with Crippen molar-refractivity contribution in [2.24, 2.45) is 0 Å². The van der Waals surface area contributed by atoms with Crippen LogP contribution in [0.15, 0.2) is 36.5 Å². The maximum absolute atomic E-state index is 12.3. The normalized spacial score (nSPS) is 11.5. The van der Waals surface area contributed by atoms with Crippen LogP contribution in [0, 0.1) is 0 Å². The highest BCUT2D eigenvalue weighted by atomic mass is 19.4. The van der Waals surface area contributed by atoms with Crippen LogP contribution < -0.4 is 0 Å². The third-order valence-corrected chi connectivity index (χ3v) is 2.36. The molecule has 0 unspecified atom stereocenters. The highest BCUT2D eigenvalue weighted by Gasteiger charge is 2.33. The lowest BCUT2D eigenvalue weighted by molar-refractivity contribution is -0.141. The van der Waals surface area contributed by atoms with Gasteiger partial charge in [-0.2, -0.15) is 18.3 Å². The number of alkyl halides is 3. The molecule has 2 rings (SSSR count). The zero-order valence-corrected chi connectivity index (χ0v) is 9.19. The van der Waals surface area contributed by atoms with Crippen molar-refractivity contribution in [3.8, 4) is 0 Å². The van der Waals surface area contributed by atoms with Gasteiger partial charge in [-0.05, 0) is 17.7 Å². The van der Waals surface area contributed by atoms with Gasteiger partial charge < -0.3 is 0 Å². The molecule has 0 N–H and O–H groups in total. The maximum atomic E-state index is 12.3. The lowest BCUT2D eigenvalue weighted by Crippen LogP contribution is -2.08. The predicted octanol–water partition coefficient (Wildman–Crippen LogP) is 2.76. The zero-order chi connectivity index (χ0) is 13.2. The fraction of sp³-hybridized carbons (Fsp3) is 0.167. The molecule has 6 heteroatoms. The van der Waals surface area contributed by atoms with Crippen LogP contribution in [0.2, 0.25) is 0 Å². The molecule has 0 aliphatic rings. The monoisotopic (exact) mass is 254 g/mol. The largest absolute Gasteiger partial charge is 0.435 e. The van der Waals surface area contributed by atoms with Gasteiger partial charge in [-0.15, -0.1) is 0 Å². The molecule has 0 radical (unpaired) electrons. The van der Waals surface area contributed by atoms with Crippen LogP contribution >= 0.6 is 0 Å². The summed E-state index contributed by atoms with van der Waals surface area (Å²) < 4.78 is 38.2. The minimum atomic E-state index is -4.43. The number of rotatable bonds is 3. The average Bonchev–Trinajstić information content (AvgIpc) is 2.77. The molecule has 0 bridgehead atoms. The minimum Gasteiger partial charge on any atom is -0.298 e. The van der Waals surface area contributed by atoms with Crippen LogP contribution in [0.25, 0.3) is 0 Å². The smallest absolute Gasteiger partial charge is 0.298 e. The number of benzene rings is 1. The molecule has 1 aromatic heterocycles. The van der Waals surface area contributed by atoms with Gasteiger partial charge >= 0.3 is 6.18 Å². The van der Waals surface area contributed by atoms with Crippen LogP contribution in [0.1, 0.15) is 21.6 Å². The second kappa shape index (κ2) is 4.64. The quantitative estimate of drug-likeness (QED) is 0.789. The molecular weight excluding hydrogens is 245 g/mol. The van der Waals surface area contributed by atoms with E-state index in [1.165, 1.54) is 10.9 Å². The van der Waals surface area contributed by atoms with Crippen LogP contribution in [0.5, 0.6) is 0 Å². The standard InChI is InChI=1S/C12H9F3N2O/c13-12(14,15)11-4-5-17(16-11)7-9-2-1-3-10(6-9)8-18/h1-6,8H,7H2. The van der Waals surface area contributed by atoms with Gasteiger partial charge in [-0.25, -0.2) is 0 Å². The van der Waals surface area contributed by atoms with Crippen molar-refractivity contribution in [3.63, 3.8) is 0 Å². The van der Waals surface area contributed by atoms with Crippen molar-refractivity contribution in [2.75, 3.05) is 0 Å². The number of hydrogen-bond acceptors (Lipinski definition) is 2. The second-order valence-electron chi connectivity index (χ2n) is 3.76. The van der Waals surface area contributed by atoms with Crippen LogP contribution in [0.4, 0.5) is 13.2 Å². The molecule has 0 aliphatic heterocycles. The van der Waals surface area contributed by atoms with Gasteiger partial charge in [0.2, 0.25) is 0 Å². The Bertz CT molecular complexity index is 560. The number of hydrogen-bond donors (Lipinski definition) is 0. The van der Waals surface area contributed by atoms with E-state index in [1.54, 1.807) is 24.3 Å². The Hall–Kier alpha value is -2.11. The highest BCUT2D eigenvalue weighted by molar-refractivity contribution is 5.74. The molecule has 0 amide bonds. The SMILES string of the molecule is O=Cc1cccc(Cn2ccc(C(F)(F)F)n2)c1. The van der Waals surface area contributed by atoms with Crippen molar-refractivity contribution in [3.05, 3.63) is 53.3 Å². The van der Waals surface area contributed by atoms with Gasteiger partial charge in [-0.3, -0.25) is 9.48 Å². The number of halogens is 3. The molecule has 1 aromatic carbocycles. The first kappa shape index (κ1) is 12.3. The van der Waals surface area contributed by atoms with E-state index < -0.39 is 11.9 Å². The van der Waals surface area contributed by atoms with Crippen LogP contribution in [-0.2, 0) is 12.7 Å². The van der Waals surface area contributed by atoms with E-state index in [4.69, 9.17) is 0 Å². The number of nitrogens with zero attached hydrogens (tertiary/aromatic N) is 2. The van der Waals surface area contributed by atoms with Gasteiger partial charge in [0, 0.05) is 11.8 Å². The Morgan fingerprint density at radius 1 is 1.28 bits per heavy atom. The van der Waals surface area contributed by atoms with Crippen LogP contribution in [-0.4, -0.2) is 16.1 Å². The molecule has 2 aromatic rings. The number of carbonyl (C=O) groups excluding carboxylic acids is 1. The molecule has 18 heavy (non-hydrogen) atoms. The molecule has 0 atom stereocenters. The first-order valence-electron chi connectivity index (χ1n) is 5.14. The Morgan fingerprint density at radius 2 is 2.06 bits per heavy atom. The summed E-state index contributed by atoms with van der Waals surface area (Å²) in [6.45, 7) is 0.192. The van der Waals surface area contributed by atoms with E-state index in [-0.39, 0.29) is 6.54 Å². The highest BCUT2D eigenvalue weighted by Crippen LogP contribution is 2.27. The summed E-state index contributed by atoms with van der Waals surface area (Å²) in [5.74, 6) is 0. The van der Waals surface area contributed by atoms with Crippen molar-refractivity contribution in [1.29, 1.82) is 0 Å². The minimum absolute atomic E-state index is 0.192. The van der Waals surface area contributed by atoms with Gasteiger partial charge in [0.15, 0.2) is 5.69 Å². The van der Waals surface area contributed by atoms with Crippen molar-refractivity contribution in [1.82, 2.24) is 9.78 Å². The van der Waals surface area contributed by atoms with E-state index >= 15 is 0 Å². The summed E-state index contributed by atoms with van der Waals surface area (Å²) in [6.07, 6.45) is -2.49. The summed E-state index contributed by atoms with van der Waals surface area (Å²) in [6, 6.07) is 7.56. The number of carbonyl (C=O) groups is 1. The summed E-state index contributed by atoms with van der Waals surface area (Å²) in [4.78, 5) is 10.6. The van der Waals surface area contributed by atoms with E-state index in [2.05, 4.69) is 5.10 Å². The second-order valence-corrected chi connectivity index (χ2v) is 3.76. The molecule has 1 heterocycles. The van der Waals surface area contributed by atoms with Crippen molar-refractivity contribution < 1.29 is 18.0 Å². The molecule has 0 fully saturated rings. The summed E-state index contributed by atoms with van der Waals surface area (Å²) >= 11 is 0. The molecule has 94 valence electrons. The predicted molar refractivity (Wildman–Crippen MR) is 58.2 cm³/mol. The third-order valence-electron chi connectivity index (χ3n) is 2.36. The molecule has 0 saturated carbocycles. The van der Waals surface area contributed by atoms with E-state index in [0.29, 0.717) is 11.8 Å². The van der Waals surface area contributed by atoms with Gasteiger partial charge in [0.25, 0.3) is 0 Å². The number of aldehydes is 1. The van der Waals surface area contributed by atoms with Crippen molar-refractivity contribution >= 4 is 6.29 Å². The fourth-order valence-electron chi connectivity index (χ4n) is 1.55. The number of aromatic nitrogens is 2. The average molecular weight is 254 g/mol. The van der Waals surface area contributed by atoms with E-state index in [9.17, 15) is 18.0 Å². The Kier molecular flexibility index (Phi) is 3.18. The summed E-state index contributed by atoms with van der Waals surface area (Å²) in [5, 5.41) is 3.44. The lowest BCUT2D eigenvalue weighted by Gasteiger charge is -2.04. The zero-order valence-electron chi connectivity index (χ0n) is 9.19. The Balaban J connectivity index is 2.18. The first-order valence-corrected chi connectivity index (χ1v) is 5.14. The molecule has 0 saturated heterocycles. The lowest BCUT2D eigenvalue weighted by atomic mass is 10.1. The molecular formula is C12H9F3N2O. The topological polar surface area (TPSA) is 34.9 Å². The third kappa shape index (κ3) is 2.77. The van der Waals surface area contributed by atoms with E-state index in [1.807, 2.05) is 0 Å². The van der Waals surface area contributed by atoms with Gasteiger partial charge in [-0.1, -0.05) is 18.2 Å². The summed E-state index contributed by atoms with van der Waals surface area (Å²) in [7, 11) is 0. The maximum Gasteiger partial charge on any atom is 0.435 e. The Labute approximate surface area is 101 Å². The molecule has 3 nitrogen and oxygen atoms in total. The van der Waals surface area contributed by atoms with Crippen molar-refractivity contribution in [2.45, 2.75) is 12.7 Å². The molecule has 0 spiro atoms. The van der Waals surface area contributed by atoms with Gasteiger partial charge in [0.05, 0.1) is 6.54 Å². The first-order chi connectivity index (χ1) is 8.49.